The molecule has 0 aliphatic heterocycles. The number of amides is 1. The van der Waals surface area contributed by atoms with E-state index in [1.54, 1.807) is 18.2 Å². The van der Waals surface area contributed by atoms with E-state index in [4.69, 9.17) is 16.3 Å². The Labute approximate surface area is 152 Å². The molecule has 4 nitrogen and oxygen atoms in total. The van der Waals surface area contributed by atoms with Gasteiger partial charge >= 0.3 is 5.97 Å². The molecule has 0 aromatic heterocycles. The fourth-order valence-electron chi connectivity index (χ4n) is 3.03. The molecule has 5 heteroatoms. The molecule has 0 saturated carbocycles. The highest BCUT2D eigenvalue weighted by molar-refractivity contribution is 6.30. The van der Waals surface area contributed by atoms with Gasteiger partial charge in [0.05, 0.1) is 11.6 Å². The van der Waals surface area contributed by atoms with Gasteiger partial charge in [0.15, 0.2) is 6.61 Å². The molecule has 0 unspecified atom stereocenters. The molecule has 1 amide bonds. The van der Waals surface area contributed by atoms with Crippen LogP contribution in [0.1, 0.15) is 46.4 Å². The van der Waals surface area contributed by atoms with Gasteiger partial charge in [-0.15, -0.1) is 0 Å². The van der Waals surface area contributed by atoms with Crippen LogP contribution in [0.5, 0.6) is 0 Å². The molecule has 0 radical (unpaired) electrons. The van der Waals surface area contributed by atoms with Crippen LogP contribution in [-0.2, 0) is 22.4 Å². The third-order valence-electron chi connectivity index (χ3n) is 4.42. The average Bonchev–Trinajstić information content (AvgIpc) is 3.07. The Kier molecular flexibility index (Phi) is 5.39. The molecule has 0 heterocycles. The van der Waals surface area contributed by atoms with Gasteiger partial charge in [0.2, 0.25) is 0 Å². The molecule has 0 saturated heterocycles. The molecule has 3 rings (SSSR count). The Hall–Kier alpha value is -2.33. The molecule has 0 fully saturated rings. The minimum atomic E-state index is -0.469. The number of nitrogens with one attached hydrogen (secondary N) is 1. The number of fused-ring (bicyclic) bond motifs is 1. The smallest absolute Gasteiger partial charge is 0.338 e. The van der Waals surface area contributed by atoms with Gasteiger partial charge < -0.3 is 10.1 Å². The number of halogens is 1. The number of aryl methyl sites for hydroxylation is 2. The van der Waals surface area contributed by atoms with E-state index in [0.717, 1.165) is 24.8 Å². The standard InChI is InChI=1S/C20H20ClNO3/c1-13(14-7-9-18(21)10-8-14)22-19(23)12-25-20(24)17-6-5-15-3-2-4-16(15)11-17/h5-11,13H,2-4,12H2,1H3,(H,22,23)/t13-/m1/s1. The second kappa shape index (κ2) is 7.70. The van der Waals surface area contributed by atoms with Crippen LogP contribution in [0.3, 0.4) is 0 Å². The molecule has 1 aliphatic rings. The highest BCUT2D eigenvalue weighted by atomic mass is 35.5. The number of ether oxygens (including phenoxy) is 1. The minimum absolute atomic E-state index is 0.191. The van der Waals surface area contributed by atoms with Crippen molar-refractivity contribution in [2.75, 3.05) is 6.61 Å². The van der Waals surface area contributed by atoms with Crippen LogP contribution >= 0.6 is 11.6 Å². The Balaban J connectivity index is 1.51. The SMILES string of the molecule is C[C@@H](NC(=O)COC(=O)c1ccc2c(c1)CCC2)c1ccc(Cl)cc1. The fraction of sp³-hybridized carbons (Fsp3) is 0.300. The lowest BCUT2D eigenvalue weighted by Crippen LogP contribution is -2.31. The Bertz CT molecular complexity index is 786. The highest BCUT2D eigenvalue weighted by Crippen LogP contribution is 2.23. The third kappa shape index (κ3) is 4.40. The first-order valence-electron chi connectivity index (χ1n) is 8.36. The number of esters is 1. The van der Waals surface area contributed by atoms with Gasteiger partial charge in [-0.3, -0.25) is 4.79 Å². The summed E-state index contributed by atoms with van der Waals surface area (Å²) >= 11 is 5.86. The largest absolute Gasteiger partial charge is 0.452 e. The molecule has 2 aromatic carbocycles. The summed E-state index contributed by atoms with van der Waals surface area (Å²) < 4.78 is 5.13. The maximum atomic E-state index is 12.1. The van der Waals surface area contributed by atoms with E-state index < -0.39 is 5.97 Å². The van der Waals surface area contributed by atoms with E-state index >= 15 is 0 Å². The van der Waals surface area contributed by atoms with Crippen molar-refractivity contribution in [1.82, 2.24) is 5.32 Å². The van der Waals surface area contributed by atoms with Crippen molar-refractivity contribution in [3.63, 3.8) is 0 Å². The van der Waals surface area contributed by atoms with Crippen molar-refractivity contribution in [2.45, 2.75) is 32.2 Å². The quantitative estimate of drug-likeness (QED) is 0.826. The Morgan fingerprint density at radius 1 is 1.12 bits per heavy atom. The summed E-state index contributed by atoms with van der Waals surface area (Å²) in [6, 6.07) is 12.7. The number of carbonyl (C=O) groups excluding carboxylic acids is 2. The molecule has 25 heavy (non-hydrogen) atoms. The van der Waals surface area contributed by atoms with Crippen molar-refractivity contribution >= 4 is 23.5 Å². The Morgan fingerprint density at radius 2 is 1.84 bits per heavy atom. The second-order valence-corrected chi connectivity index (χ2v) is 6.69. The van der Waals surface area contributed by atoms with E-state index in [0.29, 0.717) is 10.6 Å². The topological polar surface area (TPSA) is 55.4 Å². The zero-order valence-corrected chi connectivity index (χ0v) is 14.8. The van der Waals surface area contributed by atoms with Crippen molar-refractivity contribution in [3.8, 4) is 0 Å². The summed E-state index contributed by atoms with van der Waals surface area (Å²) in [5.74, 6) is -0.805. The van der Waals surface area contributed by atoms with Gasteiger partial charge in [-0.2, -0.15) is 0 Å². The summed E-state index contributed by atoms with van der Waals surface area (Å²) in [4.78, 5) is 24.1. The maximum Gasteiger partial charge on any atom is 0.338 e. The van der Waals surface area contributed by atoms with Crippen LogP contribution in [-0.4, -0.2) is 18.5 Å². The van der Waals surface area contributed by atoms with E-state index in [-0.39, 0.29) is 18.6 Å². The van der Waals surface area contributed by atoms with Crippen molar-refractivity contribution in [3.05, 3.63) is 69.7 Å². The summed E-state index contributed by atoms with van der Waals surface area (Å²) in [5, 5.41) is 3.45. The van der Waals surface area contributed by atoms with Gasteiger partial charge in [0.25, 0.3) is 5.91 Å². The monoisotopic (exact) mass is 357 g/mol. The number of carbonyl (C=O) groups is 2. The predicted molar refractivity (Wildman–Crippen MR) is 96.8 cm³/mol. The van der Waals surface area contributed by atoms with Crippen molar-refractivity contribution < 1.29 is 14.3 Å². The summed E-state index contributed by atoms with van der Waals surface area (Å²) in [7, 11) is 0. The zero-order valence-electron chi connectivity index (χ0n) is 14.0. The van der Waals surface area contributed by atoms with Crippen molar-refractivity contribution in [2.24, 2.45) is 0 Å². The first-order chi connectivity index (χ1) is 12.0. The van der Waals surface area contributed by atoms with Crippen molar-refractivity contribution in [1.29, 1.82) is 0 Å². The summed E-state index contributed by atoms with van der Waals surface area (Å²) in [5.41, 5.74) is 3.93. The first kappa shape index (κ1) is 17.5. The molecule has 1 aliphatic carbocycles. The lowest BCUT2D eigenvalue weighted by Gasteiger charge is -2.14. The van der Waals surface area contributed by atoms with Crippen LogP contribution < -0.4 is 5.32 Å². The van der Waals surface area contributed by atoms with Crippen LogP contribution in [0.25, 0.3) is 0 Å². The lowest BCUT2D eigenvalue weighted by molar-refractivity contribution is -0.124. The van der Waals surface area contributed by atoms with Crippen LogP contribution in [0.15, 0.2) is 42.5 Å². The van der Waals surface area contributed by atoms with E-state index in [1.807, 2.05) is 31.2 Å². The van der Waals surface area contributed by atoms with Gasteiger partial charge in [-0.25, -0.2) is 4.79 Å². The first-order valence-corrected chi connectivity index (χ1v) is 8.74. The number of rotatable bonds is 5. The maximum absolute atomic E-state index is 12.1. The molecular weight excluding hydrogens is 338 g/mol. The van der Waals surface area contributed by atoms with Crippen LogP contribution in [0.2, 0.25) is 5.02 Å². The number of benzene rings is 2. The number of hydrogen-bond donors (Lipinski definition) is 1. The van der Waals surface area contributed by atoms with Gasteiger partial charge in [0, 0.05) is 5.02 Å². The average molecular weight is 358 g/mol. The fourth-order valence-corrected chi connectivity index (χ4v) is 3.16. The van der Waals surface area contributed by atoms with Gasteiger partial charge in [-0.1, -0.05) is 29.8 Å². The lowest BCUT2D eigenvalue weighted by atomic mass is 10.1. The predicted octanol–water partition coefficient (Wildman–Crippen LogP) is 3.86. The zero-order chi connectivity index (χ0) is 17.8. The molecule has 1 N–H and O–H groups in total. The molecule has 1 atom stereocenters. The molecule has 0 bridgehead atoms. The van der Waals surface area contributed by atoms with Gasteiger partial charge in [0.1, 0.15) is 0 Å². The minimum Gasteiger partial charge on any atom is -0.452 e. The molecule has 130 valence electrons. The third-order valence-corrected chi connectivity index (χ3v) is 4.67. The molecule has 0 spiro atoms. The summed E-state index contributed by atoms with van der Waals surface area (Å²) in [6.45, 7) is 1.57. The second-order valence-electron chi connectivity index (χ2n) is 6.25. The van der Waals surface area contributed by atoms with Crippen LogP contribution in [0, 0.1) is 0 Å². The van der Waals surface area contributed by atoms with E-state index in [1.165, 1.54) is 11.1 Å². The van der Waals surface area contributed by atoms with Crippen LogP contribution in [0.4, 0.5) is 0 Å². The highest BCUT2D eigenvalue weighted by Gasteiger charge is 2.16. The molecular formula is C20H20ClNO3. The normalized spacial score (nSPS) is 13.8. The van der Waals surface area contributed by atoms with E-state index in [9.17, 15) is 9.59 Å². The Morgan fingerprint density at radius 3 is 2.60 bits per heavy atom. The summed E-state index contributed by atoms with van der Waals surface area (Å²) in [6.07, 6.45) is 3.18. The number of hydrogen-bond acceptors (Lipinski definition) is 3. The van der Waals surface area contributed by atoms with E-state index in [2.05, 4.69) is 5.32 Å². The molecule has 2 aromatic rings. The van der Waals surface area contributed by atoms with Gasteiger partial charge in [-0.05, 0) is 67.1 Å².